The number of nitrogens with one attached hydrogen (secondary N) is 2. The predicted molar refractivity (Wildman–Crippen MR) is 113 cm³/mol. The van der Waals surface area contributed by atoms with Crippen LogP contribution in [0.15, 0.2) is 54.6 Å². The van der Waals surface area contributed by atoms with E-state index in [1.54, 1.807) is 13.0 Å². The molecule has 0 bridgehead atoms. The summed E-state index contributed by atoms with van der Waals surface area (Å²) in [7, 11) is 0. The Balaban J connectivity index is 1.98. The van der Waals surface area contributed by atoms with Crippen LogP contribution in [0.3, 0.4) is 0 Å². The van der Waals surface area contributed by atoms with Crippen LogP contribution in [0.4, 0.5) is 0 Å². The van der Waals surface area contributed by atoms with Gasteiger partial charge in [-0.3, -0.25) is 14.5 Å². The van der Waals surface area contributed by atoms with Crippen molar-refractivity contribution in [2.24, 2.45) is 0 Å². The van der Waals surface area contributed by atoms with Crippen molar-refractivity contribution < 1.29 is 9.59 Å². The molecule has 0 fully saturated rings. The summed E-state index contributed by atoms with van der Waals surface area (Å²) in [6.45, 7) is 10.2. The summed E-state index contributed by atoms with van der Waals surface area (Å²) in [6.07, 6.45) is 0. The molecule has 0 aliphatic rings. The molecule has 0 radical (unpaired) electrons. The van der Waals surface area contributed by atoms with Crippen molar-refractivity contribution in [2.45, 2.75) is 39.8 Å². The fourth-order valence-electron chi connectivity index (χ4n) is 3.28. The number of nitrogens with zero attached hydrogens (tertiary/aromatic N) is 1. The third-order valence-electron chi connectivity index (χ3n) is 4.93. The highest BCUT2D eigenvalue weighted by molar-refractivity contribution is 5.97. The molecule has 0 aliphatic carbocycles. The predicted octanol–water partition coefficient (Wildman–Crippen LogP) is 3.31. The summed E-state index contributed by atoms with van der Waals surface area (Å²) >= 11 is 0. The molecule has 2 atom stereocenters. The Bertz CT molecular complexity index is 772. The molecule has 5 nitrogen and oxygen atoms in total. The zero-order valence-corrected chi connectivity index (χ0v) is 17.2. The number of carbonyl (C=O) groups excluding carboxylic acids is 2. The molecule has 2 unspecified atom stereocenters. The zero-order chi connectivity index (χ0) is 20.5. The number of likely N-dealkylation sites (N-methyl/N-ethyl adjacent to an activating group) is 1. The van der Waals surface area contributed by atoms with Crippen LogP contribution in [0.25, 0.3) is 0 Å². The molecule has 0 saturated heterocycles. The van der Waals surface area contributed by atoms with E-state index in [0.717, 1.165) is 18.7 Å². The highest BCUT2D eigenvalue weighted by atomic mass is 16.2. The second kappa shape index (κ2) is 10.6. The van der Waals surface area contributed by atoms with Gasteiger partial charge < -0.3 is 10.6 Å². The third-order valence-corrected chi connectivity index (χ3v) is 4.93. The summed E-state index contributed by atoms with van der Waals surface area (Å²) in [6, 6.07) is 17.0. The Morgan fingerprint density at radius 1 is 1.00 bits per heavy atom. The van der Waals surface area contributed by atoms with Crippen molar-refractivity contribution in [2.75, 3.05) is 19.6 Å². The second-order valence-corrected chi connectivity index (χ2v) is 6.96. The van der Waals surface area contributed by atoms with Crippen LogP contribution in [0.2, 0.25) is 0 Å². The van der Waals surface area contributed by atoms with Gasteiger partial charge in [-0.2, -0.15) is 0 Å². The number of hydrogen-bond acceptors (Lipinski definition) is 3. The summed E-state index contributed by atoms with van der Waals surface area (Å²) in [4.78, 5) is 27.3. The number of benzene rings is 2. The smallest absolute Gasteiger partial charge is 0.251 e. The van der Waals surface area contributed by atoms with E-state index in [4.69, 9.17) is 0 Å². The maximum Gasteiger partial charge on any atom is 0.251 e. The Hall–Kier alpha value is -2.66. The first-order valence-corrected chi connectivity index (χ1v) is 9.90. The number of carbonyl (C=O) groups is 2. The van der Waals surface area contributed by atoms with Gasteiger partial charge in [0.2, 0.25) is 5.91 Å². The normalized spacial score (nSPS) is 13.0. The van der Waals surface area contributed by atoms with Crippen LogP contribution in [-0.4, -0.2) is 42.4 Å². The molecule has 5 heteroatoms. The molecule has 2 aromatic rings. The molecule has 150 valence electrons. The van der Waals surface area contributed by atoms with E-state index in [9.17, 15) is 9.59 Å². The molecular formula is C23H31N3O2. The quantitative estimate of drug-likeness (QED) is 0.700. The summed E-state index contributed by atoms with van der Waals surface area (Å²) in [5.74, 6) is -0.427. The van der Waals surface area contributed by atoms with Crippen molar-refractivity contribution in [3.05, 3.63) is 71.3 Å². The highest BCUT2D eigenvalue weighted by Crippen LogP contribution is 2.19. The SMILES string of the molecule is CCN(CC)C(CNC(=O)C(C)NC(=O)c1cccc(C)c1)c1ccccc1. The molecule has 28 heavy (non-hydrogen) atoms. The molecule has 0 aromatic heterocycles. The number of aryl methyl sites for hydroxylation is 1. The van der Waals surface area contributed by atoms with Crippen LogP contribution in [-0.2, 0) is 4.79 Å². The van der Waals surface area contributed by atoms with E-state index in [1.807, 2.05) is 43.3 Å². The minimum absolute atomic E-state index is 0.0971. The average Bonchev–Trinajstić information content (AvgIpc) is 2.71. The van der Waals surface area contributed by atoms with E-state index in [2.05, 4.69) is 41.5 Å². The first-order chi connectivity index (χ1) is 13.5. The van der Waals surface area contributed by atoms with Crippen LogP contribution in [0, 0.1) is 6.92 Å². The summed E-state index contributed by atoms with van der Waals surface area (Å²) < 4.78 is 0. The molecular weight excluding hydrogens is 350 g/mol. The molecule has 2 aromatic carbocycles. The van der Waals surface area contributed by atoms with Crippen molar-refractivity contribution in [3.63, 3.8) is 0 Å². The lowest BCUT2D eigenvalue weighted by Gasteiger charge is -2.30. The molecule has 2 N–H and O–H groups in total. The first-order valence-electron chi connectivity index (χ1n) is 9.90. The standard InChI is InChI=1S/C23H31N3O2/c1-5-26(6-2)21(19-12-8-7-9-13-19)16-24-22(27)18(4)25-23(28)20-14-10-11-17(3)15-20/h7-15,18,21H,5-6,16H2,1-4H3,(H,24,27)(H,25,28). The van der Waals surface area contributed by atoms with E-state index in [0.29, 0.717) is 12.1 Å². The molecule has 0 heterocycles. The largest absolute Gasteiger partial charge is 0.352 e. The second-order valence-electron chi connectivity index (χ2n) is 6.96. The lowest BCUT2D eigenvalue weighted by molar-refractivity contribution is -0.122. The Kier molecular flexibility index (Phi) is 8.20. The van der Waals surface area contributed by atoms with Crippen molar-refractivity contribution in [1.82, 2.24) is 15.5 Å². The number of amides is 2. The fourth-order valence-corrected chi connectivity index (χ4v) is 3.28. The van der Waals surface area contributed by atoms with E-state index in [1.165, 1.54) is 5.56 Å². The van der Waals surface area contributed by atoms with Gasteiger partial charge in [-0.1, -0.05) is 61.9 Å². The maximum atomic E-state index is 12.6. The van der Waals surface area contributed by atoms with Gasteiger partial charge in [-0.05, 0) is 44.6 Å². The monoisotopic (exact) mass is 381 g/mol. The molecule has 0 spiro atoms. The lowest BCUT2D eigenvalue weighted by atomic mass is 10.0. The van der Waals surface area contributed by atoms with Gasteiger partial charge in [-0.25, -0.2) is 0 Å². The molecule has 2 rings (SSSR count). The first kappa shape index (κ1) is 21.6. The highest BCUT2D eigenvalue weighted by Gasteiger charge is 2.21. The van der Waals surface area contributed by atoms with Crippen LogP contribution in [0.5, 0.6) is 0 Å². The lowest BCUT2D eigenvalue weighted by Crippen LogP contribution is -2.47. The minimum atomic E-state index is -0.610. The Morgan fingerprint density at radius 2 is 1.68 bits per heavy atom. The van der Waals surface area contributed by atoms with Crippen LogP contribution < -0.4 is 10.6 Å². The van der Waals surface area contributed by atoms with Crippen molar-refractivity contribution >= 4 is 11.8 Å². The van der Waals surface area contributed by atoms with Crippen LogP contribution in [0.1, 0.15) is 48.3 Å². The van der Waals surface area contributed by atoms with Crippen molar-refractivity contribution in [3.8, 4) is 0 Å². The maximum absolute atomic E-state index is 12.6. The Morgan fingerprint density at radius 3 is 2.29 bits per heavy atom. The molecule has 2 amide bonds. The van der Waals surface area contributed by atoms with Gasteiger partial charge in [0.1, 0.15) is 6.04 Å². The zero-order valence-electron chi connectivity index (χ0n) is 17.2. The third kappa shape index (κ3) is 5.92. The summed E-state index contributed by atoms with van der Waals surface area (Å²) in [5, 5.41) is 5.78. The average molecular weight is 382 g/mol. The minimum Gasteiger partial charge on any atom is -0.352 e. The van der Waals surface area contributed by atoms with Gasteiger partial charge in [0.25, 0.3) is 5.91 Å². The summed E-state index contributed by atoms with van der Waals surface area (Å²) in [5.41, 5.74) is 2.74. The van der Waals surface area contributed by atoms with Crippen molar-refractivity contribution in [1.29, 1.82) is 0 Å². The number of rotatable bonds is 9. The van der Waals surface area contributed by atoms with Gasteiger partial charge in [-0.15, -0.1) is 0 Å². The molecule has 0 saturated carbocycles. The van der Waals surface area contributed by atoms with Gasteiger partial charge >= 0.3 is 0 Å². The van der Waals surface area contributed by atoms with E-state index in [-0.39, 0.29) is 17.9 Å². The van der Waals surface area contributed by atoms with Gasteiger partial charge in [0, 0.05) is 12.1 Å². The van der Waals surface area contributed by atoms with E-state index >= 15 is 0 Å². The number of hydrogen-bond donors (Lipinski definition) is 2. The topological polar surface area (TPSA) is 61.4 Å². The molecule has 0 aliphatic heterocycles. The van der Waals surface area contributed by atoms with Gasteiger partial charge in [0.05, 0.1) is 6.04 Å². The van der Waals surface area contributed by atoms with E-state index < -0.39 is 6.04 Å². The Labute approximate surface area is 168 Å². The fraction of sp³-hybridized carbons (Fsp3) is 0.391. The van der Waals surface area contributed by atoms with Gasteiger partial charge in [0.15, 0.2) is 0 Å². The van der Waals surface area contributed by atoms with Crippen LogP contribution >= 0.6 is 0 Å².